The van der Waals surface area contributed by atoms with Crippen LogP contribution in [0, 0.1) is 0 Å². The monoisotopic (exact) mass is 127 g/mol. The summed E-state index contributed by atoms with van der Waals surface area (Å²) in [6.45, 7) is 0. The molecule has 0 radical (unpaired) electrons. The number of hydrogen-bond acceptors (Lipinski definition) is 2. The van der Waals surface area contributed by atoms with Gasteiger partial charge in [-0.2, -0.15) is 0 Å². The van der Waals surface area contributed by atoms with Crippen LogP contribution >= 0.6 is 0 Å². The minimum atomic E-state index is 0. The smallest absolute Gasteiger partial charge is 0.870 e. The van der Waals surface area contributed by atoms with Crippen LogP contribution in [0.4, 0.5) is 0 Å². The van der Waals surface area contributed by atoms with Gasteiger partial charge in [0.2, 0.25) is 0 Å². The third-order valence-electron chi connectivity index (χ3n) is 0. The third kappa shape index (κ3) is 51.9. The van der Waals surface area contributed by atoms with E-state index in [0.717, 1.165) is 0 Å². The fraction of sp³-hybridized carbons (Fsp3) is 0. The molecule has 0 unspecified atom stereocenters. The first-order chi connectivity index (χ1) is 0. The average Bonchev–Trinajstić information content (AvgIpc) is 0. The second kappa shape index (κ2) is 92.2. The SMILES string of the molecule is N.O.O.O.[K+].[OH-]. The van der Waals surface area contributed by atoms with Crippen LogP contribution in [0.5, 0.6) is 0 Å². The van der Waals surface area contributed by atoms with Crippen molar-refractivity contribution in [1.82, 2.24) is 6.15 Å². The van der Waals surface area contributed by atoms with Gasteiger partial charge in [0.15, 0.2) is 0 Å². The molecule has 6 heteroatoms. The van der Waals surface area contributed by atoms with Crippen LogP contribution in [-0.2, 0) is 0 Å². The van der Waals surface area contributed by atoms with Crippen LogP contribution in [-0.4, -0.2) is 21.9 Å². The Morgan fingerprint density at radius 3 is 0.667 bits per heavy atom. The number of hydrogen-bond donors (Lipinski definition) is 1. The normalized spacial score (nSPS) is 0. The maximum absolute atomic E-state index is 0. The van der Waals surface area contributed by atoms with E-state index in [2.05, 4.69) is 0 Å². The first kappa shape index (κ1) is 149. The van der Waals surface area contributed by atoms with Crippen molar-refractivity contribution >= 4 is 0 Å². The Labute approximate surface area is 78.3 Å². The van der Waals surface area contributed by atoms with Crippen molar-refractivity contribution in [3.63, 3.8) is 0 Å². The van der Waals surface area contributed by atoms with Gasteiger partial charge in [0.1, 0.15) is 0 Å². The molecule has 0 aliphatic carbocycles. The third-order valence-corrected chi connectivity index (χ3v) is 0. The Kier molecular flexibility index (Phi) is 2290. The molecule has 0 aromatic heterocycles. The molecule has 6 heavy (non-hydrogen) atoms. The molecular formula is H10KNO4. The second-order valence-electron chi connectivity index (χ2n) is 0. The summed E-state index contributed by atoms with van der Waals surface area (Å²) < 4.78 is 0. The molecule has 0 aliphatic rings. The van der Waals surface area contributed by atoms with Crippen LogP contribution in [0.3, 0.4) is 0 Å². The molecule has 0 spiro atoms. The topological polar surface area (TPSA) is 160 Å². The summed E-state index contributed by atoms with van der Waals surface area (Å²) in [4.78, 5) is 0. The molecule has 0 saturated carbocycles. The van der Waals surface area contributed by atoms with E-state index in [4.69, 9.17) is 0 Å². The summed E-state index contributed by atoms with van der Waals surface area (Å²) in [6.07, 6.45) is 0. The summed E-state index contributed by atoms with van der Waals surface area (Å²) >= 11 is 0. The first-order valence-electron chi connectivity index (χ1n) is 0. The molecule has 0 fully saturated rings. The van der Waals surface area contributed by atoms with Crippen LogP contribution in [0.25, 0.3) is 0 Å². The fourth-order valence-corrected chi connectivity index (χ4v) is 0. The summed E-state index contributed by atoms with van der Waals surface area (Å²) in [5.74, 6) is 0. The largest absolute Gasteiger partial charge is 1.00 e. The van der Waals surface area contributed by atoms with Crippen molar-refractivity contribution < 1.29 is 73.3 Å². The molecule has 10 N–H and O–H groups in total. The average molecular weight is 127 g/mol. The Morgan fingerprint density at radius 2 is 0.667 bits per heavy atom. The maximum Gasteiger partial charge on any atom is 1.00 e. The van der Waals surface area contributed by atoms with E-state index in [0.29, 0.717) is 0 Å². The molecule has 0 aromatic carbocycles. The Hall–Kier alpha value is 1.44. The molecule has 0 bridgehead atoms. The van der Waals surface area contributed by atoms with Crippen molar-refractivity contribution in [3.8, 4) is 0 Å². The zero-order chi connectivity index (χ0) is 0. The van der Waals surface area contributed by atoms with Gasteiger partial charge in [-0.15, -0.1) is 0 Å². The van der Waals surface area contributed by atoms with Gasteiger partial charge in [-0.05, 0) is 0 Å². The zero-order valence-corrected chi connectivity index (χ0v) is 6.78. The van der Waals surface area contributed by atoms with Crippen molar-refractivity contribution in [3.05, 3.63) is 0 Å². The van der Waals surface area contributed by atoms with E-state index in [1.165, 1.54) is 0 Å². The molecular weight excluding hydrogens is 117 g/mol. The minimum Gasteiger partial charge on any atom is -0.870 e. The van der Waals surface area contributed by atoms with E-state index in [-0.39, 0.29) is 79.4 Å². The Bertz CT molecular complexity index is 7.51. The van der Waals surface area contributed by atoms with E-state index in [1.807, 2.05) is 0 Å². The van der Waals surface area contributed by atoms with Gasteiger partial charge in [-0.25, -0.2) is 0 Å². The summed E-state index contributed by atoms with van der Waals surface area (Å²) in [6, 6.07) is 0. The van der Waals surface area contributed by atoms with Gasteiger partial charge in [0.05, 0.1) is 0 Å². The molecule has 0 saturated heterocycles. The summed E-state index contributed by atoms with van der Waals surface area (Å²) in [5, 5.41) is 0. The van der Waals surface area contributed by atoms with Crippen LogP contribution in [0.15, 0.2) is 0 Å². The zero-order valence-electron chi connectivity index (χ0n) is 3.65. The van der Waals surface area contributed by atoms with Gasteiger partial charge in [-0.1, -0.05) is 0 Å². The van der Waals surface area contributed by atoms with Crippen molar-refractivity contribution in [1.29, 1.82) is 0 Å². The molecule has 0 rings (SSSR count). The summed E-state index contributed by atoms with van der Waals surface area (Å²) in [5.41, 5.74) is 0. The quantitative estimate of drug-likeness (QED) is 0.322. The molecule has 0 aromatic rings. The van der Waals surface area contributed by atoms with Gasteiger partial charge >= 0.3 is 51.4 Å². The molecule has 0 atom stereocenters. The minimum absolute atomic E-state index is 0. The predicted octanol–water partition coefficient (Wildman–Crippen LogP) is -5.48. The molecule has 0 heterocycles. The molecule has 40 valence electrons. The number of rotatable bonds is 0. The molecule has 0 amide bonds. The van der Waals surface area contributed by atoms with Gasteiger partial charge < -0.3 is 28.1 Å². The van der Waals surface area contributed by atoms with Gasteiger partial charge in [0.25, 0.3) is 0 Å². The fourth-order valence-electron chi connectivity index (χ4n) is 0. The van der Waals surface area contributed by atoms with E-state index in [9.17, 15) is 0 Å². The van der Waals surface area contributed by atoms with Crippen LogP contribution in [0.2, 0.25) is 0 Å². The van der Waals surface area contributed by atoms with Crippen molar-refractivity contribution in [2.45, 2.75) is 0 Å². The first-order valence-corrected chi connectivity index (χ1v) is 0. The van der Waals surface area contributed by atoms with Crippen molar-refractivity contribution in [2.75, 3.05) is 0 Å². The van der Waals surface area contributed by atoms with E-state index in [1.54, 1.807) is 0 Å². The van der Waals surface area contributed by atoms with Gasteiger partial charge in [0, 0.05) is 0 Å². The Balaban J connectivity index is 0. The van der Waals surface area contributed by atoms with Gasteiger partial charge in [-0.3, -0.25) is 0 Å². The van der Waals surface area contributed by atoms with Crippen LogP contribution in [0.1, 0.15) is 0 Å². The van der Waals surface area contributed by atoms with Crippen LogP contribution < -0.4 is 57.5 Å². The predicted molar refractivity (Wildman–Crippen MR) is 17.8 cm³/mol. The molecule has 0 aliphatic heterocycles. The second-order valence-corrected chi connectivity index (χ2v) is 0. The van der Waals surface area contributed by atoms with Crippen molar-refractivity contribution in [2.24, 2.45) is 0 Å². The van der Waals surface area contributed by atoms with E-state index < -0.39 is 0 Å². The maximum atomic E-state index is 0. The Morgan fingerprint density at radius 1 is 0.667 bits per heavy atom. The molecule has 5 nitrogen and oxygen atoms in total. The summed E-state index contributed by atoms with van der Waals surface area (Å²) in [7, 11) is 0. The standard InChI is InChI=1S/K.H3N.4H2O/h;1H3;4*1H2/q+1;;;;;/p-1. The van der Waals surface area contributed by atoms with E-state index >= 15 is 0 Å².